The van der Waals surface area contributed by atoms with Crippen molar-refractivity contribution in [1.29, 1.82) is 0 Å². The summed E-state index contributed by atoms with van der Waals surface area (Å²) in [6.07, 6.45) is 7.43. The van der Waals surface area contributed by atoms with E-state index in [1.165, 1.54) is 110 Å². The maximum absolute atomic E-state index is 2.62. The molecule has 2 atom stereocenters. The number of rotatable bonds is 5. The standard InChI is InChI=1S/C63H46N2/c1-63(2)57-33-31-46(38-61(57)65(48-23-7-4-8-24-48)62-40-55-52-28-12-10-26-50(52)49-25-9-11-27-51(49)54(55)39-58(62)63)44-20-16-18-42(36-44)41-17-15-19-43(35-41)45-32-34-60-56(37-45)53-29-13-14-30-59(53)64(60)47-21-5-3-6-22-47/h3-40,57,61H,1-2H3. The number of aromatic nitrogens is 1. The van der Waals surface area contributed by atoms with Crippen molar-refractivity contribution < 1.29 is 0 Å². The summed E-state index contributed by atoms with van der Waals surface area (Å²) in [4.78, 5) is 2.62. The minimum Gasteiger partial charge on any atom is -0.334 e. The fourth-order valence-corrected chi connectivity index (χ4v) is 11.4. The molecule has 0 amide bonds. The van der Waals surface area contributed by atoms with Crippen LogP contribution in [0.15, 0.2) is 231 Å². The fourth-order valence-electron chi connectivity index (χ4n) is 11.4. The highest BCUT2D eigenvalue weighted by Crippen LogP contribution is 2.54. The van der Waals surface area contributed by atoms with Gasteiger partial charge in [-0.15, -0.1) is 0 Å². The SMILES string of the molecule is CC1(C)c2cc3c4ccccc4c4ccccc4c3cc2N(c2ccccc2)C2C=C(c3cccc(-c4cccc(-c5ccc6c(c5)c5ccccc5n6-c5ccccc5)c4)c3)C=CC21. The van der Waals surface area contributed by atoms with Gasteiger partial charge in [-0.1, -0.05) is 178 Å². The predicted molar refractivity (Wildman–Crippen MR) is 277 cm³/mol. The smallest absolute Gasteiger partial charge is 0.0602 e. The van der Waals surface area contributed by atoms with Crippen LogP contribution < -0.4 is 4.90 Å². The first kappa shape index (κ1) is 37.6. The molecule has 308 valence electrons. The van der Waals surface area contributed by atoms with Crippen LogP contribution >= 0.6 is 0 Å². The molecule has 0 bridgehead atoms. The van der Waals surface area contributed by atoms with Crippen molar-refractivity contribution in [3.05, 3.63) is 242 Å². The summed E-state index contributed by atoms with van der Waals surface area (Å²) in [6, 6.07) is 78.6. The van der Waals surface area contributed by atoms with E-state index in [4.69, 9.17) is 0 Å². The Morgan fingerprint density at radius 1 is 0.385 bits per heavy atom. The fraction of sp³-hybridized carbons (Fsp3) is 0.0794. The first-order chi connectivity index (χ1) is 32.0. The third kappa shape index (κ3) is 5.87. The number of hydrogen-bond acceptors (Lipinski definition) is 1. The molecular weight excluding hydrogens is 785 g/mol. The van der Waals surface area contributed by atoms with Gasteiger partial charge in [0.15, 0.2) is 0 Å². The Kier molecular flexibility index (Phi) is 8.42. The van der Waals surface area contributed by atoms with Gasteiger partial charge in [0.2, 0.25) is 0 Å². The second kappa shape index (κ2) is 14.6. The number of para-hydroxylation sites is 3. The lowest BCUT2D eigenvalue weighted by atomic mass is 9.64. The van der Waals surface area contributed by atoms with Gasteiger partial charge in [0.25, 0.3) is 0 Å². The van der Waals surface area contributed by atoms with Crippen LogP contribution in [0.3, 0.4) is 0 Å². The van der Waals surface area contributed by atoms with E-state index in [-0.39, 0.29) is 17.4 Å². The van der Waals surface area contributed by atoms with Crippen LogP contribution in [0.4, 0.5) is 11.4 Å². The molecule has 2 heteroatoms. The summed E-state index contributed by atoms with van der Waals surface area (Å²) >= 11 is 0. The van der Waals surface area contributed by atoms with Gasteiger partial charge in [0.05, 0.1) is 17.1 Å². The van der Waals surface area contributed by atoms with Crippen LogP contribution in [0.25, 0.3) is 87.6 Å². The monoisotopic (exact) mass is 830 g/mol. The first-order valence-electron chi connectivity index (χ1n) is 22.9. The van der Waals surface area contributed by atoms with E-state index in [0.29, 0.717) is 0 Å². The van der Waals surface area contributed by atoms with Gasteiger partial charge in [-0.25, -0.2) is 0 Å². The minimum absolute atomic E-state index is 0.110. The summed E-state index contributed by atoms with van der Waals surface area (Å²) in [5.41, 5.74) is 14.7. The molecular formula is C63H46N2. The summed E-state index contributed by atoms with van der Waals surface area (Å²) in [5.74, 6) is 0.252. The molecule has 0 spiro atoms. The zero-order valence-corrected chi connectivity index (χ0v) is 36.5. The average molecular weight is 831 g/mol. The molecule has 2 nitrogen and oxygen atoms in total. The molecule has 1 aromatic heterocycles. The Morgan fingerprint density at radius 3 is 1.55 bits per heavy atom. The van der Waals surface area contributed by atoms with Crippen LogP contribution in [0.2, 0.25) is 0 Å². The second-order valence-electron chi connectivity index (χ2n) is 18.5. The summed E-state index contributed by atoms with van der Waals surface area (Å²) in [6.45, 7) is 4.91. The van der Waals surface area contributed by atoms with Crippen molar-refractivity contribution in [3.8, 4) is 27.9 Å². The van der Waals surface area contributed by atoms with Crippen LogP contribution in [-0.2, 0) is 5.41 Å². The van der Waals surface area contributed by atoms with Crippen molar-refractivity contribution >= 4 is 71.1 Å². The molecule has 2 heterocycles. The van der Waals surface area contributed by atoms with E-state index in [9.17, 15) is 0 Å². The molecule has 65 heavy (non-hydrogen) atoms. The van der Waals surface area contributed by atoms with Crippen LogP contribution in [0.5, 0.6) is 0 Å². The Balaban J connectivity index is 0.905. The average Bonchev–Trinajstić information content (AvgIpc) is 3.70. The number of fused-ring (bicyclic) bond motifs is 11. The van der Waals surface area contributed by atoms with Crippen molar-refractivity contribution in [2.45, 2.75) is 25.3 Å². The molecule has 0 N–H and O–H groups in total. The molecule has 0 saturated carbocycles. The second-order valence-corrected chi connectivity index (χ2v) is 18.5. The summed E-state index contributed by atoms with van der Waals surface area (Å²) < 4.78 is 2.38. The van der Waals surface area contributed by atoms with Gasteiger partial charge >= 0.3 is 0 Å². The highest BCUT2D eigenvalue weighted by Gasteiger charge is 2.46. The van der Waals surface area contributed by atoms with Crippen molar-refractivity contribution in [2.75, 3.05) is 4.90 Å². The molecule has 13 rings (SSSR count). The molecule has 0 radical (unpaired) electrons. The van der Waals surface area contributed by atoms with Gasteiger partial charge in [-0.2, -0.15) is 0 Å². The largest absolute Gasteiger partial charge is 0.334 e. The number of anilines is 2. The van der Waals surface area contributed by atoms with E-state index < -0.39 is 0 Å². The third-order valence-electron chi connectivity index (χ3n) is 14.6. The number of allylic oxidation sites excluding steroid dienone is 2. The highest BCUT2D eigenvalue weighted by molar-refractivity contribution is 6.26. The van der Waals surface area contributed by atoms with Crippen molar-refractivity contribution in [3.63, 3.8) is 0 Å². The van der Waals surface area contributed by atoms with E-state index in [2.05, 4.69) is 254 Å². The molecule has 10 aromatic carbocycles. The van der Waals surface area contributed by atoms with Gasteiger partial charge in [0.1, 0.15) is 0 Å². The van der Waals surface area contributed by atoms with Gasteiger partial charge < -0.3 is 9.47 Å². The Hall–Kier alpha value is -7.94. The first-order valence-corrected chi connectivity index (χ1v) is 22.9. The van der Waals surface area contributed by atoms with Gasteiger partial charge in [-0.3, -0.25) is 0 Å². The Morgan fingerprint density at radius 2 is 0.892 bits per heavy atom. The van der Waals surface area contributed by atoms with Crippen LogP contribution in [-0.4, -0.2) is 10.6 Å². The van der Waals surface area contributed by atoms with E-state index >= 15 is 0 Å². The van der Waals surface area contributed by atoms with Crippen molar-refractivity contribution in [2.24, 2.45) is 5.92 Å². The number of nitrogens with zero attached hydrogens (tertiary/aromatic N) is 2. The molecule has 0 fully saturated rings. The topological polar surface area (TPSA) is 8.17 Å². The van der Waals surface area contributed by atoms with Gasteiger partial charge in [-0.05, 0) is 138 Å². The zero-order chi connectivity index (χ0) is 43.2. The van der Waals surface area contributed by atoms with Crippen molar-refractivity contribution in [1.82, 2.24) is 4.57 Å². The quantitative estimate of drug-likeness (QED) is 0.157. The lowest BCUT2D eigenvalue weighted by Crippen LogP contribution is -2.50. The van der Waals surface area contributed by atoms with Gasteiger partial charge in [0, 0.05) is 39.2 Å². The molecule has 1 aliphatic heterocycles. The maximum atomic E-state index is 2.62. The Labute approximate surface area is 379 Å². The highest BCUT2D eigenvalue weighted by atomic mass is 15.2. The predicted octanol–water partition coefficient (Wildman–Crippen LogP) is 16.6. The number of hydrogen-bond donors (Lipinski definition) is 0. The maximum Gasteiger partial charge on any atom is 0.0602 e. The minimum atomic E-state index is -0.132. The normalized spacial score (nSPS) is 16.6. The third-order valence-corrected chi connectivity index (χ3v) is 14.6. The molecule has 0 saturated heterocycles. The lowest BCUT2D eigenvalue weighted by Gasteiger charge is -2.51. The number of benzene rings is 10. The zero-order valence-electron chi connectivity index (χ0n) is 36.5. The van der Waals surface area contributed by atoms with Crippen LogP contribution in [0, 0.1) is 5.92 Å². The molecule has 11 aromatic rings. The molecule has 2 aliphatic rings. The molecule has 2 unspecified atom stereocenters. The molecule has 1 aliphatic carbocycles. The summed E-state index contributed by atoms with van der Waals surface area (Å²) in [5, 5.41) is 10.4. The summed E-state index contributed by atoms with van der Waals surface area (Å²) in [7, 11) is 0. The van der Waals surface area contributed by atoms with Crippen LogP contribution in [0.1, 0.15) is 25.0 Å². The van der Waals surface area contributed by atoms with E-state index in [0.717, 1.165) is 0 Å². The van der Waals surface area contributed by atoms with E-state index in [1.807, 2.05) is 0 Å². The Bertz CT molecular complexity index is 3760. The lowest BCUT2D eigenvalue weighted by molar-refractivity contribution is 0.333. The van der Waals surface area contributed by atoms with E-state index in [1.54, 1.807) is 0 Å².